The molecule has 5 nitrogen and oxygen atoms in total. The van der Waals surface area contributed by atoms with E-state index in [1.165, 1.54) is 25.7 Å². The van der Waals surface area contributed by atoms with Crippen molar-refractivity contribution in [2.45, 2.75) is 51.9 Å². The smallest absolute Gasteiger partial charge is 0.209 e. The number of primary sulfonamides is 1. The molecule has 1 rings (SSSR count). The van der Waals surface area contributed by atoms with Crippen molar-refractivity contribution in [1.29, 1.82) is 0 Å². The second-order valence-corrected chi connectivity index (χ2v) is 7.50. The number of unbranched alkanes of at least 4 members (excludes halogenated alkanes) is 4. The zero-order chi connectivity index (χ0) is 14.9. The Morgan fingerprint density at radius 1 is 1.15 bits per heavy atom. The van der Waals surface area contributed by atoms with E-state index >= 15 is 0 Å². The van der Waals surface area contributed by atoms with Crippen molar-refractivity contribution in [2.24, 2.45) is 10.6 Å². The molecule has 0 aromatic rings. The van der Waals surface area contributed by atoms with Crippen LogP contribution in [0.2, 0.25) is 0 Å². The molecule has 1 aliphatic heterocycles. The lowest BCUT2D eigenvalue weighted by molar-refractivity contribution is -0.0286. The van der Waals surface area contributed by atoms with Crippen LogP contribution in [0.1, 0.15) is 51.9 Å². The summed E-state index contributed by atoms with van der Waals surface area (Å²) < 4.78 is 33.8. The van der Waals surface area contributed by atoms with Gasteiger partial charge in [0, 0.05) is 25.2 Å². The normalized spacial score (nSPS) is 19.1. The first kappa shape index (κ1) is 17.9. The van der Waals surface area contributed by atoms with Crippen LogP contribution in [0.5, 0.6) is 0 Å². The highest BCUT2D eigenvalue weighted by atomic mass is 32.2. The topological polar surface area (TPSA) is 78.6 Å². The fourth-order valence-electron chi connectivity index (χ4n) is 2.66. The van der Waals surface area contributed by atoms with Crippen molar-refractivity contribution in [3.8, 4) is 0 Å². The molecule has 0 aliphatic carbocycles. The van der Waals surface area contributed by atoms with Crippen LogP contribution in [0.3, 0.4) is 0 Å². The predicted octanol–water partition coefficient (Wildman–Crippen LogP) is 2.06. The van der Waals surface area contributed by atoms with Crippen LogP contribution in [-0.4, -0.2) is 40.6 Å². The lowest BCUT2D eigenvalue weighted by Crippen LogP contribution is -2.42. The molecule has 0 aromatic heterocycles. The molecule has 0 spiro atoms. The molecule has 1 aliphatic rings. The molecular weight excluding hydrogens is 278 g/mol. The van der Waals surface area contributed by atoms with E-state index in [2.05, 4.69) is 6.92 Å². The van der Waals surface area contributed by atoms with Gasteiger partial charge in [0.25, 0.3) is 0 Å². The third kappa shape index (κ3) is 7.57. The van der Waals surface area contributed by atoms with E-state index in [-0.39, 0.29) is 11.2 Å². The first-order valence-electron chi connectivity index (χ1n) is 7.63. The molecule has 1 saturated heterocycles. The number of sulfonamides is 1. The summed E-state index contributed by atoms with van der Waals surface area (Å²) in [6.45, 7) is 4.56. The van der Waals surface area contributed by atoms with Gasteiger partial charge in [0.1, 0.15) is 0 Å². The molecule has 1 fully saturated rings. The Morgan fingerprint density at radius 2 is 1.80 bits per heavy atom. The van der Waals surface area contributed by atoms with Gasteiger partial charge in [-0.05, 0) is 19.3 Å². The minimum absolute atomic E-state index is 0.000799. The number of ether oxygens (including phenoxy) is 2. The summed E-state index contributed by atoms with van der Waals surface area (Å²) in [5.74, 6) is -0.000799. The average molecular weight is 307 g/mol. The Balaban J connectivity index is 2.30. The van der Waals surface area contributed by atoms with E-state index in [1.807, 2.05) is 0 Å². The van der Waals surface area contributed by atoms with Crippen molar-refractivity contribution >= 4 is 10.0 Å². The van der Waals surface area contributed by atoms with Crippen molar-refractivity contribution in [2.75, 3.05) is 32.2 Å². The van der Waals surface area contributed by atoms with Gasteiger partial charge in [0.15, 0.2) is 0 Å². The summed E-state index contributed by atoms with van der Waals surface area (Å²) >= 11 is 0. The highest BCUT2D eigenvalue weighted by molar-refractivity contribution is 7.89. The van der Waals surface area contributed by atoms with Crippen LogP contribution in [0.15, 0.2) is 0 Å². The minimum Gasteiger partial charge on any atom is -0.381 e. The van der Waals surface area contributed by atoms with E-state index in [0.717, 1.165) is 6.42 Å². The van der Waals surface area contributed by atoms with Crippen LogP contribution >= 0.6 is 0 Å². The Kier molecular flexibility index (Phi) is 8.02. The van der Waals surface area contributed by atoms with Crippen LogP contribution < -0.4 is 5.14 Å². The highest BCUT2D eigenvalue weighted by Gasteiger charge is 2.36. The average Bonchev–Trinajstić information content (AvgIpc) is 2.37. The molecule has 0 atom stereocenters. The Hall–Kier alpha value is -0.170. The molecule has 0 unspecified atom stereocenters. The molecular formula is C14H29NO4S. The van der Waals surface area contributed by atoms with E-state index in [4.69, 9.17) is 14.6 Å². The van der Waals surface area contributed by atoms with E-state index in [9.17, 15) is 8.42 Å². The van der Waals surface area contributed by atoms with Crippen molar-refractivity contribution < 1.29 is 17.9 Å². The minimum atomic E-state index is -3.47. The maximum absolute atomic E-state index is 11.4. The second-order valence-electron chi connectivity index (χ2n) is 5.89. The van der Waals surface area contributed by atoms with E-state index < -0.39 is 10.0 Å². The zero-order valence-corrected chi connectivity index (χ0v) is 13.4. The van der Waals surface area contributed by atoms with Gasteiger partial charge < -0.3 is 9.47 Å². The molecule has 0 radical (unpaired) electrons. The maximum Gasteiger partial charge on any atom is 0.209 e. The molecule has 120 valence electrons. The first-order valence-corrected chi connectivity index (χ1v) is 9.35. The predicted molar refractivity (Wildman–Crippen MR) is 80.0 cm³/mol. The van der Waals surface area contributed by atoms with Crippen LogP contribution in [0.25, 0.3) is 0 Å². The van der Waals surface area contributed by atoms with Gasteiger partial charge in [0.2, 0.25) is 10.0 Å². The van der Waals surface area contributed by atoms with Gasteiger partial charge in [-0.1, -0.05) is 32.6 Å². The summed E-state index contributed by atoms with van der Waals surface area (Å²) in [6, 6.07) is 0. The summed E-state index contributed by atoms with van der Waals surface area (Å²) in [6.07, 6.45) is 7.39. The molecule has 1 heterocycles. The fraction of sp³-hybridized carbons (Fsp3) is 1.00. The molecule has 0 aromatic carbocycles. The molecule has 0 amide bonds. The maximum atomic E-state index is 11.4. The largest absolute Gasteiger partial charge is 0.381 e. The van der Waals surface area contributed by atoms with Gasteiger partial charge in [-0.15, -0.1) is 0 Å². The summed E-state index contributed by atoms with van der Waals surface area (Å²) in [4.78, 5) is 0. The van der Waals surface area contributed by atoms with Gasteiger partial charge in [-0.3, -0.25) is 0 Å². The highest BCUT2D eigenvalue weighted by Crippen LogP contribution is 2.32. The Labute approximate surface area is 123 Å². The molecule has 20 heavy (non-hydrogen) atoms. The quantitative estimate of drug-likeness (QED) is 0.627. The van der Waals surface area contributed by atoms with Gasteiger partial charge >= 0.3 is 0 Å². The van der Waals surface area contributed by atoms with Crippen LogP contribution in [-0.2, 0) is 19.5 Å². The van der Waals surface area contributed by atoms with Gasteiger partial charge in [0.05, 0.1) is 12.4 Å². The number of hydrogen-bond acceptors (Lipinski definition) is 4. The zero-order valence-electron chi connectivity index (χ0n) is 12.6. The summed E-state index contributed by atoms with van der Waals surface area (Å²) in [5, 5.41) is 5.21. The van der Waals surface area contributed by atoms with E-state index in [0.29, 0.717) is 39.3 Å². The Bertz CT molecular complexity index is 350. The SMILES string of the molecule is CCCCCCCOCC1(CS(N)(=O)=O)CCOCC1. The van der Waals surface area contributed by atoms with Crippen molar-refractivity contribution in [3.63, 3.8) is 0 Å². The third-order valence-corrected chi connectivity index (χ3v) is 4.88. The molecule has 0 bridgehead atoms. The Morgan fingerprint density at radius 3 is 2.40 bits per heavy atom. The van der Waals surface area contributed by atoms with Crippen molar-refractivity contribution in [3.05, 3.63) is 0 Å². The lowest BCUT2D eigenvalue weighted by atomic mass is 9.83. The monoisotopic (exact) mass is 307 g/mol. The second kappa shape index (κ2) is 8.97. The summed E-state index contributed by atoms with van der Waals surface area (Å²) in [5.41, 5.74) is -0.352. The van der Waals surface area contributed by atoms with Gasteiger partial charge in [-0.2, -0.15) is 0 Å². The fourth-order valence-corrected chi connectivity index (χ4v) is 3.88. The molecule has 6 heteroatoms. The standard InChI is InChI=1S/C14H29NO4S/c1-2-3-4-5-6-9-19-12-14(13-20(15,16)17)7-10-18-11-8-14/h2-13H2,1H3,(H2,15,16,17). The number of hydrogen-bond donors (Lipinski definition) is 1. The van der Waals surface area contributed by atoms with Crippen molar-refractivity contribution in [1.82, 2.24) is 0 Å². The summed E-state index contributed by atoms with van der Waals surface area (Å²) in [7, 11) is -3.47. The van der Waals surface area contributed by atoms with E-state index in [1.54, 1.807) is 0 Å². The van der Waals surface area contributed by atoms with Crippen LogP contribution in [0.4, 0.5) is 0 Å². The van der Waals surface area contributed by atoms with Gasteiger partial charge in [-0.25, -0.2) is 13.6 Å². The molecule has 0 saturated carbocycles. The molecule has 2 N–H and O–H groups in total. The number of rotatable bonds is 10. The lowest BCUT2D eigenvalue weighted by Gasteiger charge is -2.36. The third-order valence-electron chi connectivity index (χ3n) is 3.86. The van der Waals surface area contributed by atoms with Crippen LogP contribution in [0, 0.1) is 5.41 Å². The first-order chi connectivity index (χ1) is 9.47. The number of nitrogens with two attached hydrogens (primary N) is 1.